The molecule has 0 saturated carbocycles. The quantitative estimate of drug-likeness (QED) is 0.192. The van der Waals surface area contributed by atoms with Crippen molar-refractivity contribution in [1.82, 2.24) is 19.1 Å². The number of hydrogen-bond donors (Lipinski definition) is 0. The second-order valence-electron chi connectivity index (χ2n) is 11.8. The van der Waals surface area contributed by atoms with E-state index in [1.54, 1.807) is 17.7 Å². The van der Waals surface area contributed by atoms with Crippen LogP contribution in [-0.2, 0) is 0 Å². The number of fused-ring (bicyclic) bond motifs is 15. The van der Waals surface area contributed by atoms with Gasteiger partial charge in [-0.15, -0.1) is 22.7 Å². The lowest BCUT2D eigenvalue weighted by molar-refractivity contribution is 1.19. The molecule has 11 rings (SSSR count). The lowest BCUT2D eigenvalue weighted by Crippen LogP contribution is -1.96. The molecule has 214 valence electrons. The summed E-state index contributed by atoms with van der Waals surface area (Å²) in [5.41, 5.74) is 7.19. The maximum Gasteiger partial charge on any atom is 0.128 e. The van der Waals surface area contributed by atoms with Gasteiger partial charge >= 0.3 is 0 Å². The number of hydrogen-bond acceptors (Lipinski definition) is 4. The second kappa shape index (κ2) is 9.01. The Bertz CT molecular complexity index is 3030. The van der Waals surface area contributed by atoms with Gasteiger partial charge in [-0.05, 0) is 36.4 Å². The van der Waals surface area contributed by atoms with Crippen molar-refractivity contribution in [3.8, 4) is 11.4 Å². The highest BCUT2D eigenvalue weighted by Crippen LogP contribution is 2.51. The molecule has 6 aromatic carbocycles. The minimum Gasteiger partial charge on any atom is -0.309 e. The third-order valence-electron chi connectivity index (χ3n) is 9.46. The molecular formula is C40H22N4S2. The molecule has 0 radical (unpaired) electrons. The van der Waals surface area contributed by atoms with E-state index in [-0.39, 0.29) is 0 Å². The van der Waals surface area contributed by atoms with E-state index in [1.165, 1.54) is 79.6 Å². The van der Waals surface area contributed by atoms with Gasteiger partial charge in [0.1, 0.15) is 11.2 Å². The summed E-state index contributed by atoms with van der Waals surface area (Å²) in [4.78, 5) is 10.4. The van der Waals surface area contributed by atoms with E-state index in [4.69, 9.17) is 4.98 Å². The Labute approximate surface area is 270 Å². The van der Waals surface area contributed by atoms with E-state index in [0.717, 1.165) is 15.9 Å². The molecule has 46 heavy (non-hydrogen) atoms. The zero-order valence-electron chi connectivity index (χ0n) is 24.3. The molecule has 0 spiro atoms. The predicted octanol–water partition coefficient (Wildman–Crippen LogP) is 11.4. The highest BCUT2D eigenvalue weighted by atomic mass is 32.1. The maximum atomic E-state index is 4.81. The predicted molar refractivity (Wildman–Crippen MR) is 196 cm³/mol. The molecule has 5 aromatic heterocycles. The number of rotatable bonds is 2. The van der Waals surface area contributed by atoms with E-state index >= 15 is 0 Å². The Morgan fingerprint density at radius 3 is 1.98 bits per heavy atom. The maximum absolute atomic E-state index is 4.81. The largest absolute Gasteiger partial charge is 0.309 e. The van der Waals surface area contributed by atoms with Gasteiger partial charge in [-0.2, -0.15) is 0 Å². The Morgan fingerprint density at radius 2 is 1.15 bits per heavy atom. The van der Waals surface area contributed by atoms with Gasteiger partial charge in [0.2, 0.25) is 0 Å². The third-order valence-corrected chi connectivity index (χ3v) is 11.8. The lowest BCUT2D eigenvalue weighted by Gasteiger charge is -2.12. The fourth-order valence-corrected chi connectivity index (χ4v) is 10.0. The first-order chi connectivity index (χ1) is 22.9. The molecule has 11 aromatic rings. The van der Waals surface area contributed by atoms with Crippen LogP contribution in [0.1, 0.15) is 0 Å². The normalized spacial score (nSPS) is 12.3. The van der Waals surface area contributed by atoms with Crippen LogP contribution in [0.15, 0.2) is 134 Å². The molecular weight excluding hydrogens is 601 g/mol. The molecule has 5 heterocycles. The molecule has 0 aliphatic rings. The Balaban J connectivity index is 1.47. The van der Waals surface area contributed by atoms with Crippen LogP contribution in [0.3, 0.4) is 0 Å². The minimum absolute atomic E-state index is 1.00. The molecule has 0 atom stereocenters. The van der Waals surface area contributed by atoms with Crippen LogP contribution in [0.4, 0.5) is 0 Å². The molecule has 4 nitrogen and oxygen atoms in total. The van der Waals surface area contributed by atoms with Gasteiger partial charge < -0.3 is 9.13 Å². The van der Waals surface area contributed by atoms with Gasteiger partial charge in [-0.1, -0.05) is 84.9 Å². The third kappa shape index (κ3) is 3.07. The average Bonchev–Trinajstić information content (AvgIpc) is 3.86. The van der Waals surface area contributed by atoms with E-state index in [2.05, 4.69) is 135 Å². The van der Waals surface area contributed by atoms with Gasteiger partial charge in [-0.3, -0.25) is 0 Å². The number of para-hydroxylation sites is 3. The summed E-state index contributed by atoms with van der Waals surface area (Å²) in [5.74, 6) is 0. The smallest absolute Gasteiger partial charge is 0.128 e. The summed E-state index contributed by atoms with van der Waals surface area (Å²) in [7, 11) is 0. The van der Waals surface area contributed by atoms with Gasteiger partial charge in [0.15, 0.2) is 0 Å². The SMILES string of the molecule is c1ccc(-n2c3ccccc3c3c4c5ccccc5n(-c5cccc6c5sc5ccccc56)c4c4sc5ncncc5c4c32)cc1. The number of benzene rings is 6. The van der Waals surface area contributed by atoms with Crippen LogP contribution in [0.2, 0.25) is 0 Å². The van der Waals surface area contributed by atoms with Crippen molar-refractivity contribution in [2.45, 2.75) is 0 Å². The molecule has 0 aliphatic heterocycles. The molecule has 6 heteroatoms. The first-order valence-electron chi connectivity index (χ1n) is 15.3. The molecule has 0 bridgehead atoms. The zero-order chi connectivity index (χ0) is 29.9. The number of thiophene rings is 2. The highest BCUT2D eigenvalue weighted by Gasteiger charge is 2.27. The molecule has 0 unspecified atom stereocenters. The molecule has 0 fully saturated rings. The zero-order valence-corrected chi connectivity index (χ0v) is 25.9. The van der Waals surface area contributed by atoms with Crippen molar-refractivity contribution >= 4 is 107 Å². The van der Waals surface area contributed by atoms with Crippen molar-refractivity contribution in [3.05, 3.63) is 134 Å². The van der Waals surface area contributed by atoms with Gasteiger partial charge in [0.05, 0.1) is 37.2 Å². The van der Waals surface area contributed by atoms with E-state index in [9.17, 15) is 0 Å². The molecule has 0 saturated heterocycles. The topological polar surface area (TPSA) is 35.6 Å². The Kier molecular flexibility index (Phi) is 4.84. The second-order valence-corrected chi connectivity index (χ2v) is 13.8. The Hall–Kier alpha value is -5.56. The monoisotopic (exact) mass is 622 g/mol. The van der Waals surface area contributed by atoms with Crippen LogP contribution in [0.5, 0.6) is 0 Å². The van der Waals surface area contributed by atoms with Crippen molar-refractivity contribution in [2.24, 2.45) is 0 Å². The Morgan fingerprint density at radius 1 is 0.478 bits per heavy atom. The summed E-state index contributed by atoms with van der Waals surface area (Å²) in [6, 6.07) is 44.0. The fraction of sp³-hybridized carbons (Fsp3) is 0. The molecule has 0 aliphatic carbocycles. The standard InChI is InChI=1S/C40H22N4S2/c1-2-11-23(12-3-1)43-29-17-7-4-14-26(29)33-34-27-15-5-8-18-30(27)44(31-19-10-16-25-24-13-6-9-20-32(24)45-38(25)31)37(34)39-35(36(33)43)28-21-41-22-42-40(28)46-39/h1-22H. The van der Waals surface area contributed by atoms with Crippen LogP contribution in [0.25, 0.3) is 95.5 Å². The summed E-state index contributed by atoms with van der Waals surface area (Å²) >= 11 is 3.65. The number of nitrogens with zero attached hydrogens (tertiary/aromatic N) is 4. The summed E-state index contributed by atoms with van der Waals surface area (Å²) in [5, 5.41) is 9.94. The summed E-state index contributed by atoms with van der Waals surface area (Å²) < 4.78 is 8.81. The highest BCUT2D eigenvalue weighted by molar-refractivity contribution is 7.27. The lowest BCUT2D eigenvalue weighted by atomic mass is 10.0. The first kappa shape index (κ1) is 24.7. The van der Waals surface area contributed by atoms with Gasteiger partial charge in [-0.25, -0.2) is 9.97 Å². The first-order valence-corrected chi connectivity index (χ1v) is 17.0. The molecule has 0 amide bonds. The van der Waals surface area contributed by atoms with E-state index in [1.807, 2.05) is 17.5 Å². The van der Waals surface area contributed by atoms with Crippen LogP contribution in [0, 0.1) is 0 Å². The molecule has 0 N–H and O–H groups in total. The van der Waals surface area contributed by atoms with Crippen LogP contribution < -0.4 is 0 Å². The fourth-order valence-electron chi connectivity index (χ4n) is 7.68. The number of aromatic nitrogens is 4. The average molecular weight is 623 g/mol. The van der Waals surface area contributed by atoms with Crippen molar-refractivity contribution in [1.29, 1.82) is 0 Å². The van der Waals surface area contributed by atoms with Crippen molar-refractivity contribution in [3.63, 3.8) is 0 Å². The van der Waals surface area contributed by atoms with Crippen LogP contribution in [-0.4, -0.2) is 19.1 Å². The van der Waals surface area contributed by atoms with E-state index < -0.39 is 0 Å². The minimum atomic E-state index is 1.00. The van der Waals surface area contributed by atoms with Gasteiger partial charge in [0.25, 0.3) is 0 Å². The van der Waals surface area contributed by atoms with Crippen molar-refractivity contribution < 1.29 is 0 Å². The summed E-state index contributed by atoms with van der Waals surface area (Å²) in [6.45, 7) is 0. The van der Waals surface area contributed by atoms with E-state index in [0.29, 0.717) is 0 Å². The van der Waals surface area contributed by atoms with Crippen molar-refractivity contribution in [2.75, 3.05) is 0 Å². The van der Waals surface area contributed by atoms with Gasteiger partial charge in [0, 0.05) is 59.7 Å². The summed E-state index contributed by atoms with van der Waals surface area (Å²) in [6.07, 6.45) is 3.67. The van der Waals surface area contributed by atoms with Crippen LogP contribution >= 0.6 is 22.7 Å².